The number of hydrogen-bond donors (Lipinski definition) is 0. The third-order valence-corrected chi connectivity index (χ3v) is 2.38. The van der Waals surface area contributed by atoms with Gasteiger partial charge in [-0.05, 0) is 18.3 Å². The molecule has 0 radical (unpaired) electrons. The summed E-state index contributed by atoms with van der Waals surface area (Å²) in [6.45, 7) is 7.12. The number of ketones is 1. The van der Waals surface area contributed by atoms with Gasteiger partial charge in [-0.25, -0.2) is 0 Å². The average Bonchev–Trinajstić information content (AvgIpc) is 2.01. The Morgan fingerprint density at radius 1 is 1.58 bits per heavy atom. The number of carbonyl (C=O) groups excluding carboxylic acids is 1. The number of rotatable bonds is 2. The minimum absolute atomic E-state index is 0.225. The predicted octanol–water partition coefficient (Wildman–Crippen LogP) is 2.23. The lowest BCUT2D eigenvalue weighted by molar-refractivity contribution is -0.113. The van der Waals surface area contributed by atoms with E-state index in [1.807, 2.05) is 6.92 Å². The van der Waals surface area contributed by atoms with Crippen molar-refractivity contribution in [2.24, 2.45) is 10.4 Å². The molecule has 0 saturated heterocycles. The van der Waals surface area contributed by atoms with Crippen molar-refractivity contribution in [1.29, 1.82) is 0 Å². The van der Waals surface area contributed by atoms with Gasteiger partial charge in [0.25, 0.3) is 0 Å². The predicted molar refractivity (Wildman–Crippen MR) is 50.6 cm³/mol. The zero-order valence-electron chi connectivity index (χ0n) is 8.18. The molecule has 0 fully saturated rings. The van der Waals surface area contributed by atoms with E-state index >= 15 is 0 Å². The van der Waals surface area contributed by atoms with Gasteiger partial charge >= 0.3 is 0 Å². The van der Waals surface area contributed by atoms with Crippen LogP contribution < -0.4 is 0 Å². The first-order chi connectivity index (χ1) is 5.55. The topological polar surface area (TPSA) is 29.4 Å². The monoisotopic (exact) mass is 167 g/mol. The summed E-state index contributed by atoms with van der Waals surface area (Å²) in [6, 6.07) is 0. The summed E-state index contributed by atoms with van der Waals surface area (Å²) in [7, 11) is 0. The van der Waals surface area contributed by atoms with Gasteiger partial charge in [-0.3, -0.25) is 9.79 Å². The zero-order valence-corrected chi connectivity index (χ0v) is 8.18. The lowest BCUT2D eigenvalue weighted by Gasteiger charge is -2.28. The van der Waals surface area contributed by atoms with E-state index in [1.54, 1.807) is 0 Å². The van der Waals surface area contributed by atoms with Gasteiger partial charge in [0.05, 0.1) is 5.71 Å². The SMILES string of the molecule is CCC(=O)C1=NCCC(C)(C)C1. The molecule has 1 aliphatic heterocycles. The van der Waals surface area contributed by atoms with Crippen molar-refractivity contribution in [3.63, 3.8) is 0 Å². The van der Waals surface area contributed by atoms with Gasteiger partial charge < -0.3 is 0 Å². The van der Waals surface area contributed by atoms with E-state index < -0.39 is 0 Å². The molecule has 0 saturated carbocycles. The lowest BCUT2D eigenvalue weighted by atomic mass is 9.81. The van der Waals surface area contributed by atoms with Crippen molar-refractivity contribution in [2.45, 2.75) is 40.0 Å². The van der Waals surface area contributed by atoms with Crippen LogP contribution in [0, 0.1) is 5.41 Å². The Bertz CT molecular complexity index is 216. The van der Waals surface area contributed by atoms with E-state index in [0.29, 0.717) is 6.42 Å². The average molecular weight is 167 g/mol. The molecule has 1 aliphatic rings. The molecule has 1 heterocycles. The molecule has 0 aromatic heterocycles. The molecule has 1 rings (SSSR count). The number of nitrogens with zero attached hydrogens (tertiary/aromatic N) is 1. The van der Waals surface area contributed by atoms with Gasteiger partial charge in [0.15, 0.2) is 5.78 Å². The second kappa shape index (κ2) is 3.38. The van der Waals surface area contributed by atoms with Crippen molar-refractivity contribution in [2.75, 3.05) is 6.54 Å². The Morgan fingerprint density at radius 3 is 2.75 bits per heavy atom. The Hall–Kier alpha value is -0.660. The summed E-state index contributed by atoms with van der Waals surface area (Å²) >= 11 is 0. The van der Waals surface area contributed by atoms with Gasteiger partial charge in [0, 0.05) is 13.0 Å². The molecule has 0 amide bonds. The number of carbonyl (C=O) groups is 1. The van der Waals surface area contributed by atoms with E-state index in [2.05, 4.69) is 18.8 Å². The van der Waals surface area contributed by atoms with Crippen LogP contribution in [0.25, 0.3) is 0 Å². The largest absolute Gasteiger partial charge is 0.293 e. The smallest absolute Gasteiger partial charge is 0.176 e. The van der Waals surface area contributed by atoms with Crippen LogP contribution >= 0.6 is 0 Å². The highest BCUT2D eigenvalue weighted by Gasteiger charge is 2.26. The van der Waals surface area contributed by atoms with Crippen molar-refractivity contribution in [3.05, 3.63) is 0 Å². The van der Waals surface area contributed by atoms with E-state index in [4.69, 9.17) is 0 Å². The molecule has 0 bridgehead atoms. The summed E-state index contributed by atoms with van der Waals surface area (Å²) in [6.07, 6.45) is 2.56. The molecule has 0 aromatic carbocycles. The Balaban J connectivity index is 2.68. The van der Waals surface area contributed by atoms with Crippen LogP contribution in [0.4, 0.5) is 0 Å². The maximum absolute atomic E-state index is 11.3. The summed E-state index contributed by atoms with van der Waals surface area (Å²) in [5.41, 5.74) is 1.09. The summed E-state index contributed by atoms with van der Waals surface area (Å²) in [4.78, 5) is 15.6. The first-order valence-electron chi connectivity index (χ1n) is 4.62. The van der Waals surface area contributed by atoms with Gasteiger partial charge in [-0.2, -0.15) is 0 Å². The molecule has 12 heavy (non-hydrogen) atoms. The van der Waals surface area contributed by atoms with Crippen molar-refractivity contribution < 1.29 is 4.79 Å². The van der Waals surface area contributed by atoms with Gasteiger partial charge in [-0.15, -0.1) is 0 Å². The molecule has 0 aromatic rings. The molecule has 0 spiro atoms. The van der Waals surface area contributed by atoms with Crippen LogP contribution in [0.3, 0.4) is 0 Å². The molecule has 0 atom stereocenters. The van der Waals surface area contributed by atoms with Crippen LogP contribution in [0.5, 0.6) is 0 Å². The minimum atomic E-state index is 0.225. The zero-order chi connectivity index (χ0) is 9.19. The summed E-state index contributed by atoms with van der Waals surface area (Å²) in [5, 5.41) is 0. The highest BCUT2D eigenvalue weighted by molar-refractivity contribution is 6.40. The fraction of sp³-hybridized carbons (Fsp3) is 0.800. The molecular weight excluding hydrogens is 150 g/mol. The normalized spacial score (nSPS) is 21.8. The van der Waals surface area contributed by atoms with Gasteiger partial charge in [0.2, 0.25) is 0 Å². The second-order valence-electron chi connectivity index (χ2n) is 4.20. The minimum Gasteiger partial charge on any atom is -0.293 e. The van der Waals surface area contributed by atoms with E-state index in [0.717, 1.165) is 25.1 Å². The molecule has 0 aliphatic carbocycles. The highest BCUT2D eigenvalue weighted by Crippen LogP contribution is 2.29. The van der Waals surface area contributed by atoms with Crippen molar-refractivity contribution in [1.82, 2.24) is 0 Å². The number of aliphatic imine (C=N–C) groups is 1. The molecule has 2 heteroatoms. The Morgan fingerprint density at radius 2 is 2.25 bits per heavy atom. The maximum atomic E-state index is 11.3. The fourth-order valence-corrected chi connectivity index (χ4v) is 1.48. The highest BCUT2D eigenvalue weighted by atomic mass is 16.1. The summed E-state index contributed by atoms with van der Waals surface area (Å²) in [5.74, 6) is 0.225. The number of hydrogen-bond acceptors (Lipinski definition) is 2. The first-order valence-corrected chi connectivity index (χ1v) is 4.62. The van der Waals surface area contributed by atoms with Crippen LogP contribution in [0.2, 0.25) is 0 Å². The van der Waals surface area contributed by atoms with Crippen molar-refractivity contribution in [3.8, 4) is 0 Å². The Kier molecular flexibility index (Phi) is 2.65. The van der Waals surface area contributed by atoms with Crippen LogP contribution in [-0.2, 0) is 4.79 Å². The third-order valence-electron chi connectivity index (χ3n) is 2.38. The van der Waals surface area contributed by atoms with E-state index in [9.17, 15) is 4.79 Å². The van der Waals surface area contributed by atoms with Crippen LogP contribution in [0.1, 0.15) is 40.0 Å². The molecule has 0 N–H and O–H groups in total. The van der Waals surface area contributed by atoms with Gasteiger partial charge in [0.1, 0.15) is 0 Å². The van der Waals surface area contributed by atoms with Crippen LogP contribution in [0.15, 0.2) is 4.99 Å². The summed E-state index contributed by atoms with van der Waals surface area (Å²) < 4.78 is 0. The van der Waals surface area contributed by atoms with E-state index in [1.165, 1.54) is 0 Å². The molecule has 68 valence electrons. The first kappa shape index (κ1) is 9.43. The fourth-order valence-electron chi connectivity index (χ4n) is 1.48. The molecule has 0 unspecified atom stereocenters. The maximum Gasteiger partial charge on any atom is 0.176 e. The van der Waals surface area contributed by atoms with E-state index in [-0.39, 0.29) is 11.2 Å². The lowest BCUT2D eigenvalue weighted by Crippen LogP contribution is -2.28. The van der Waals surface area contributed by atoms with Crippen LogP contribution in [-0.4, -0.2) is 18.0 Å². The quantitative estimate of drug-likeness (QED) is 0.620. The van der Waals surface area contributed by atoms with Crippen molar-refractivity contribution >= 4 is 11.5 Å². The Labute approximate surface area is 74.1 Å². The molecular formula is C10H17NO. The molecule has 2 nitrogen and oxygen atoms in total. The third kappa shape index (κ3) is 2.16. The van der Waals surface area contributed by atoms with Gasteiger partial charge in [-0.1, -0.05) is 20.8 Å². The standard InChI is InChI=1S/C10H17NO/c1-4-9(12)8-7-10(2,3)5-6-11-8/h4-7H2,1-3H3. The number of Topliss-reactive ketones (excluding diaryl/α,β-unsaturated/α-hetero) is 1. The second-order valence-corrected chi connectivity index (χ2v) is 4.20.